The number of thioether (sulfide) groups is 1. The summed E-state index contributed by atoms with van der Waals surface area (Å²) in [6.07, 6.45) is 3.40. The zero-order chi connectivity index (χ0) is 22.5. The molecule has 9 heteroatoms. The number of carbonyl (C=O) groups is 1. The molecule has 0 aliphatic carbocycles. The van der Waals surface area contributed by atoms with Crippen LogP contribution in [0.5, 0.6) is 5.75 Å². The Morgan fingerprint density at radius 3 is 2.56 bits per heavy atom. The molecule has 0 bridgehead atoms. The van der Waals surface area contributed by atoms with Crippen molar-refractivity contribution in [3.8, 4) is 11.4 Å². The van der Waals surface area contributed by atoms with Crippen LogP contribution in [0.2, 0.25) is 0 Å². The number of halogens is 1. The molecule has 168 valence electrons. The van der Waals surface area contributed by atoms with Gasteiger partial charge in [-0.1, -0.05) is 36.0 Å². The van der Waals surface area contributed by atoms with Gasteiger partial charge in [0.2, 0.25) is 11.9 Å². The molecular weight excluding hydrogens is 429 g/mol. The van der Waals surface area contributed by atoms with Crippen molar-refractivity contribution in [2.45, 2.75) is 36.6 Å². The van der Waals surface area contributed by atoms with Gasteiger partial charge >= 0.3 is 0 Å². The lowest BCUT2D eigenvalue weighted by Gasteiger charge is -2.28. The van der Waals surface area contributed by atoms with Gasteiger partial charge in [0.25, 0.3) is 0 Å². The van der Waals surface area contributed by atoms with Crippen LogP contribution in [-0.2, 0) is 4.79 Å². The van der Waals surface area contributed by atoms with E-state index in [0.29, 0.717) is 10.9 Å². The number of nitrogens with zero attached hydrogens (tertiary/aromatic N) is 4. The van der Waals surface area contributed by atoms with Crippen molar-refractivity contribution < 1.29 is 13.9 Å². The van der Waals surface area contributed by atoms with Gasteiger partial charge in [0.1, 0.15) is 11.6 Å². The molecule has 1 N–H and O–H groups in total. The van der Waals surface area contributed by atoms with Gasteiger partial charge in [-0.2, -0.15) is 0 Å². The van der Waals surface area contributed by atoms with Crippen molar-refractivity contribution in [1.29, 1.82) is 0 Å². The van der Waals surface area contributed by atoms with Gasteiger partial charge in [-0.15, -0.1) is 10.2 Å². The summed E-state index contributed by atoms with van der Waals surface area (Å²) in [6.45, 7) is 3.57. The zero-order valence-corrected chi connectivity index (χ0v) is 18.9. The van der Waals surface area contributed by atoms with E-state index in [-0.39, 0.29) is 11.6 Å². The van der Waals surface area contributed by atoms with Crippen molar-refractivity contribution in [1.82, 2.24) is 14.8 Å². The number of hydrogen-bond acceptors (Lipinski definition) is 6. The highest BCUT2D eigenvalue weighted by molar-refractivity contribution is 8.00. The molecule has 2 aromatic carbocycles. The molecule has 4 rings (SSSR count). The zero-order valence-electron chi connectivity index (χ0n) is 18.1. The van der Waals surface area contributed by atoms with Crippen molar-refractivity contribution in [3.05, 3.63) is 54.3 Å². The number of carbonyl (C=O) groups excluding carboxylic acids is 1. The largest absolute Gasteiger partial charge is 0.495 e. The Kier molecular flexibility index (Phi) is 6.94. The summed E-state index contributed by atoms with van der Waals surface area (Å²) in [5, 5.41) is 11.6. The predicted molar refractivity (Wildman–Crippen MR) is 124 cm³/mol. The Labute approximate surface area is 191 Å². The van der Waals surface area contributed by atoms with Gasteiger partial charge in [0.05, 0.1) is 23.7 Å². The smallest absolute Gasteiger partial charge is 0.237 e. The lowest BCUT2D eigenvalue weighted by Crippen LogP contribution is -2.32. The van der Waals surface area contributed by atoms with Crippen molar-refractivity contribution in [2.75, 3.05) is 30.4 Å². The molecule has 1 saturated heterocycles. The lowest BCUT2D eigenvalue weighted by molar-refractivity contribution is -0.115. The fourth-order valence-corrected chi connectivity index (χ4v) is 4.53. The molecular formula is C23H26FN5O2S. The molecule has 1 aliphatic rings. The SMILES string of the molecule is COc1ccccc1-n1c(SC(C)C(=O)Nc2ccccc2F)nnc1N1CCCCC1. The van der Waals surface area contributed by atoms with E-state index in [1.807, 2.05) is 28.8 Å². The van der Waals surface area contributed by atoms with Crippen LogP contribution in [0, 0.1) is 5.82 Å². The molecule has 1 fully saturated rings. The van der Waals surface area contributed by atoms with Crippen LogP contribution >= 0.6 is 11.8 Å². The van der Waals surface area contributed by atoms with E-state index in [1.165, 1.54) is 30.3 Å². The molecule has 1 unspecified atom stereocenters. The Morgan fingerprint density at radius 1 is 1.09 bits per heavy atom. The second-order valence-corrected chi connectivity index (χ2v) is 8.87. The van der Waals surface area contributed by atoms with Crippen LogP contribution in [0.4, 0.5) is 16.0 Å². The summed E-state index contributed by atoms with van der Waals surface area (Å²) in [7, 11) is 1.63. The molecule has 0 saturated carbocycles. The third-order valence-electron chi connectivity index (χ3n) is 5.36. The third kappa shape index (κ3) is 4.72. The number of para-hydroxylation sites is 3. The number of methoxy groups -OCH3 is 1. The van der Waals surface area contributed by atoms with Gasteiger partial charge < -0.3 is 15.0 Å². The summed E-state index contributed by atoms with van der Waals surface area (Å²) < 4.78 is 21.5. The molecule has 0 radical (unpaired) electrons. The van der Waals surface area contributed by atoms with E-state index >= 15 is 0 Å². The number of amides is 1. The highest BCUT2D eigenvalue weighted by Gasteiger charge is 2.26. The number of aromatic nitrogens is 3. The molecule has 1 aliphatic heterocycles. The number of rotatable bonds is 7. The van der Waals surface area contributed by atoms with Gasteiger partial charge in [0.15, 0.2) is 5.16 Å². The van der Waals surface area contributed by atoms with E-state index in [0.717, 1.165) is 37.6 Å². The average Bonchev–Trinajstić information content (AvgIpc) is 3.24. The Hall–Kier alpha value is -3.07. The summed E-state index contributed by atoms with van der Waals surface area (Å²) in [4.78, 5) is 15.0. The highest BCUT2D eigenvalue weighted by Crippen LogP contribution is 2.34. The van der Waals surface area contributed by atoms with Crippen LogP contribution in [0.3, 0.4) is 0 Å². The Balaban J connectivity index is 1.64. The van der Waals surface area contributed by atoms with E-state index in [2.05, 4.69) is 20.4 Å². The fraction of sp³-hybridized carbons (Fsp3) is 0.348. The molecule has 1 amide bonds. The number of anilines is 2. The highest BCUT2D eigenvalue weighted by atomic mass is 32.2. The van der Waals surface area contributed by atoms with Crippen LogP contribution in [0.15, 0.2) is 53.7 Å². The Morgan fingerprint density at radius 2 is 1.81 bits per heavy atom. The first-order chi connectivity index (χ1) is 15.6. The third-order valence-corrected chi connectivity index (χ3v) is 6.41. The fourth-order valence-electron chi connectivity index (χ4n) is 3.67. The summed E-state index contributed by atoms with van der Waals surface area (Å²) in [5.74, 6) is 0.645. The van der Waals surface area contributed by atoms with Crippen LogP contribution < -0.4 is 15.0 Å². The quantitative estimate of drug-likeness (QED) is 0.528. The first-order valence-electron chi connectivity index (χ1n) is 10.6. The van der Waals surface area contributed by atoms with Crippen molar-refractivity contribution in [2.24, 2.45) is 0 Å². The predicted octanol–water partition coefficient (Wildman–Crippen LogP) is 4.52. The van der Waals surface area contributed by atoms with Gasteiger partial charge in [-0.25, -0.2) is 4.39 Å². The van der Waals surface area contributed by atoms with Gasteiger partial charge in [-0.05, 0) is 50.5 Å². The monoisotopic (exact) mass is 455 g/mol. The molecule has 2 heterocycles. The molecule has 1 aromatic heterocycles. The number of piperidine rings is 1. The minimum atomic E-state index is -0.526. The maximum Gasteiger partial charge on any atom is 0.237 e. The topological polar surface area (TPSA) is 72.3 Å². The van der Waals surface area contributed by atoms with Crippen LogP contribution in [0.25, 0.3) is 5.69 Å². The van der Waals surface area contributed by atoms with Gasteiger partial charge in [-0.3, -0.25) is 9.36 Å². The second-order valence-electron chi connectivity index (χ2n) is 7.57. The van der Waals surface area contributed by atoms with Crippen molar-refractivity contribution >= 4 is 29.3 Å². The van der Waals surface area contributed by atoms with Crippen LogP contribution in [-0.4, -0.2) is 46.1 Å². The second kappa shape index (κ2) is 10.0. The van der Waals surface area contributed by atoms with Gasteiger partial charge in [0, 0.05) is 13.1 Å². The lowest BCUT2D eigenvalue weighted by atomic mass is 10.1. The molecule has 1 atom stereocenters. The first-order valence-corrected chi connectivity index (χ1v) is 11.5. The van der Waals surface area contributed by atoms with E-state index < -0.39 is 11.1 Å². The van der Waals surface area contributed by atoms with E-state index in [1.54, 1.807) is 26.2 Å². The summed E-state index contributed by atoms with van der Waals surface area (Å²) in [5.41, 5.74) is 0.968. The number of ether oxygens (including phenoxy) is 1. The molecule has 7 nitrogen and oxygen atoms in total. The van der Waals surface area contributed by atoms with E-state index in [4.69, 9.17) is 4.74 Å². The summed E-state index contributed by atoms with van der Waals surface area (Å²) >= 11 is 1.27. The normalized spacial score (nSPS) is 14.8. The van der Waals surface area contributed by atoms with E-state index in [9.17, 15) is 9.18 Å². The maximum absolute atomic E-state index is 14.0. The maximum atomic E-state index is 14.0. The minimum absolute atomic E-state index is 0.158. The number of benzene rings is 2. The molecule has 32 heavy (non-hydrogen) atoms. The average molecular weight is 456 g/mol. The summed E-state index contributed by atoms with van der Waals surface area (Å²) in [6, 6.07) is 13.8. The van der Waals surface area contributed by atoms with Crippen molar-refractivity contribution in [3.63, 3.8) is 0 Å². The first kappa shape index (κ1) is 22.1. The Bertz CT molecular complexity index is 1080. The minimum Gasteiger partial charge on any atom is -0.495 e. The molecule has 3 aromatic rings. The number of nitrogens with one attached hydrogen (secondary N) is 1. The molecule has 0 spiro atoms. The standard InChI is InChI=1S/C23H26FN5O2S/c1-16(21(30)25-18-11-5-4-10-17(18)24)32-23-27-26-22(28-14-8-3-9-15-28)29(23)19-12-6-7-13-20(19)31-2/h4-7,10-13,16H,3,8-9,14-15H2,1-2H3,(H,25,30). The van der Waals surface area contributed by atoms with Crippen LogP contribution in [0.1, 0.15) is 26.2 Å². The number of hydrogen-bond donors (Lipinski definition) is 1.